The predicted octanol–water partition coefficient (Wildman–Crippen LogP) is 2.44. The standard InChI is InChI=1S/C19H25N3O6S2/c1-18(2,3)28-16(24)21-14(12-9-7-6-8-10-12)15(23)22-30(26,27)17-20-11-13(29-17)19(4,5)25/h6-11,14,25H,1-5H3,(H,21,24)(H,22,23)/t14-/m0/s1. The van der Waals surface area contributed by atoms with Crippen LogP contribution < -0.4 is 10.0 Å². The third-order valence-corrected chi connectivity index (χ3v) is 6.66. The molecule has 0 aliphatic heterocycles. The van der Waals surface area contributed by atoms with E-state index in [1.807, 2.05) is 4.72 Å². The molecule has 2 aromatic rings. The van der Waals surface area contributed by atoms with Crippen LogP contribution in [0.25, 0.3) is 0 Å². The first-order chi connectivity index (χ1) is 13.7. The molecule has 0 bridgehead atoms. The highest BCUT2D eigenvalue weighted by Gasteiger charge is 2.31. The van der Waals surface area contributed by atoms with E-state index in [9.17, 15) is 23.1 Å². The Balaban J connectivity index is 2.27. The summed E-state index contributed by atoms with van der Waals surface area (Å²) in [6.07, 6.45) is 0.361. The molecule has 9 nitrogen and oxygen atoms in total. The first kappa shape index (κ1) is 23.8. The van der Waals surface area contributed by atoms with Crippen molar-refractivity contribution in [3.8, 4) is 0 Å². The summed E-state index contributed by atoms with van der Waals surface area (Å²) in [5.41, 5.74) is -1.71. The van der Waals surface area contributed by atoms with Gasteiger partial charge in [0.2, 0.25) is 4.34 Å². The van der Waals surface area contributed by atoms with Gasteiger partial charge in [-0.1, -0.05) is 30.3 Å². The zero-order valence-corrected chi connectivity index (χ0v) is 18.9. The Labute approximate surface area is 179 Å². The number of hydrogen-bond acceptors (Lipinski definition) is 8. The summed E-state index contributed by atoms with van der Waals surface area (Å²) >= 11 is 0.742. The molecule has 0 aliphatic carbocycles. The number of aromatic nitrogens is 1. The van der Waals surface area contributed by atoms with Gasteiger partial charge >= 0.3 is 6.09 Å². The molecule has 1 aromatic heterocycles. The summed E-state index contributed by atoms with van der Waals surface area (Å²) in [6, 6.07) is 6.85. The monoisotopic (exact) mass is 455 g/mol. The van der Waals surface area contributed by atoms with Gasteiger partial charge in [0, 0.05) is 6.20 Å². The molecule has 3 N–H and O–H groups in total. The molecule has 30 heavy (non-hydrogen) atoms. The lowest BCUT2D eigenvalue weighted by Crippen LogP contribution is -2.44. The summed E-state index contributed by atoms with van der Waals surface area (Å²) < 4.78 is 32.0. The van der Waals surface area contributed by atoms with Gasteiger partial charge in [-0.2, -0.15) is 8.42 Å². The number of thiazole rings is 1. The molecule has 1 heterocycles. The molecular weight excluding hydrogens is 430 g/mol. The van der Waals surface area contributed by atoms with E-state index in [0.717, 1.165) is 11.3 Å². The number of aliphatic hydroxyl groups is 1. The molecule has 1 atom stereocenters. The largest absolute Gasteiger partial charge is 0.444 e. The Morgan fingerprint density at radius 2 is 1.73 bits per heavy atom. The van der Waals surface area contributed by atoms with Gasteiger partial charge in [0.05, 0.1) is 10.5 Å². The van der Waals surface area contributed by atoms with Crippen LogP contribution in [0, 0.1) is 0 Å². The fourth-order valence-electron chi connectivity index (χ4n) is 2.27. The lowest BCUT2D eigenvalue weighted by atomic mass is 10.1. The number of sulfonamides is 1. The van der Waals surface area contributed by atoms with E-state index in [-0.39, 0.29) is 4.34 Å². The molecule has 1 aromatic carbocycles. The van der Waals surface area contributed by atoms with Crippen LogP contribution >= 0.6 is 11.3 Å². The Kier molecular flexibility index (Phi) is 6.90. The summed E-state index contributed by atoms with van der Waals surface area (Å²) in [5, 5.41) is 12.4. The molecule has 0 spiro atoms. The van der Waals surface area contributed by atoms with Crippen molar-refractivity contribution >= 4 is 33.4 Å². The SMILES string of the molecule is CC(C)(C)OC(=O)N[C@H](C(=O)NS(=O)(=O)c1ncc(C(C)(C)O)s1)c1ccccc1. The van der Waals surface area contributed by atoms with E-state index in [1.54, 1.807) is 51.1 Å². The minimum atomic E-state index is -4.32. The minimum Gasteiger partial charge on any atom is -0.444 e. The van der Waals surface area contributed by atoms with E-state index in [0.29, 0.717) is 10.4 Å². The smallest absolute Gasteiger partial charge is 0.408 e. The van der Waals surface area contributed by atoms with E-state index < -0.39 is 39.3 Å². The summed E-state index contributed by atoms with van der Waals surface area (Å²) in [7, 11) is -4.32. The molecule has 0 saturated carbocycles. The lowest BCUT2D eigenvalue weighted by molar-refractivity contribution is -0.121. The molecule has 0 saturated heterocycles. The molecule has 11 heteroatoms. The minimum absolute atomic E-state index is 0.321. The van der Waals surface area contributed by atoms with Crippen LogP contribution in [-0.4, -0.2) is 36.1 Å². The number of nitrogens with one attached hydrogen (secondary N) is 2. The maximum atomic E-state index is 12.8. The second kappa shape index (κ2) is 8.70. The fraction of sp³-hybridized carbons (Fsp3) is 0.421. The molecule has 2 rings (SSSR count). The van der Waals surface area contributed by atoms with Gasteiger partial charge in [-0.3, -0.25) is 4.79 Å². The molecular formula is C19H25N3O6S2. The first-order valence-electron chi connectivity index (χ1n) is 8.99. The average Bonchev–Trinajstić information content (AvgIpc) is 3.10. The van der Waals surface area contributed by atoms with Gasteiger partial charge in [-0.05, 0) is 40.2 Å². The number of carbonyl (C=O) groups excluding carboxylic acids is 2. The average molecular weight is 456 g/mol. The van der Waals surface area contributed by atoms with Crippen molar-refractivity contribution in [2.45, 2.75) is 56.2 Å². The van der Waals surface area contributed by atoms with Gasteiger partial charge in [-0.25, -0.2) is 14.5 Å². The normalized spacial score (nSPS) is 13.4. The molecule has 2 amide bonds. The number of hydrogen-bond donors (Lipinski definition) is 3. The Hall–Kier alpha value is -2.50. The van der Waals surface area contributed by atoms with Crippen LogP contribution in [0.5, 0.6) is 0 Å². The highest BCUT2D eigenvalue weighted by Crippen LogP contribution is 2.28. The molecule has 0 radical (unpaired) electrons. The lowest BCUT2D eigenvalue weighted by Gasteiger charge is -2.23. The highest BCUT2D eigenvalue weighted by molar-refractivity contribution is 7.92. The van der Waals surface area contributed by atoms with Crippen molar-refractivity contribution in [2.75, 3.05) is 0 Å². The Morgan fingerprint density at radius 1 is 1.13 bits per heavy atom. The maximum Gasteiger partial charge on any atom is 0.408 e. The van der Waals surface area contributed by atoms with Gasteiger partial charge in [0.1, 0.15) is 11.6 Å². The molecule has 164 valence electrons. The van der Waals surface area contributed by atoms with Crippen LogP contribution in [0.1, 0.15) is 51.1 Å². The predicted molar refractivity (Wildman–Crippen MR) is 111 cm³/mol. The van der Waals surface area contributed by atoms with Crippen molar-refractivity contribution in [2.24, 2.45) is 0 Å². The van der Waals surface area contributed by atoms with Crippen LogP contribution in [0.3, 0.4) is 0 Å². The van der Waals surface area contributed by atoms with Crippen molar-refractivity contribution in [3.05, 3.63) is 47.0 Å². The Bertz CT molecular complexity index is 1000. The first-order valence-corrected chi connectivity index (χ1v) is 11.3. The third kappa shape index (κ3) is 6.51. The van der Waals surface area contributed by atoms with E-state index in [1.165, 1.54) is 20.0 Å². The van der Waals surface area contributed by atoms with Crippen LogP contribution in [-0.2, 0) is 25.2 Å². The van der Waals surface area contributed by atoms with Crippen molar-refractivity contribution in [3.63, 3.8) is 0 Å². The Morgan fingerprint density at radius 3 is 2.23 bits per heavy atom. The second-order valence-electron chi connectivity index (χ2n) is 8.01. The van der Waals surface area contributed by atoms with Crippen LogP contribution in [0.15, 0.2) is 40.9 Å². The number of ether oxygens (including phenoxy) is 1. The summed E-state index contributed by atoms with van der Waals surface area (Å²) in [5.74, 6) is -0.980. The van der Waals surface area contributed by atoms with Crippen LogP contribution in [0.2, 0.25) is 0 Å². The number of carbonyl (C=O) groups is 2. The number of amides is 2. The number of nitrogens with zero attached hydrogens (tertiary/aromatic N) is 1. The zero-order chi connectivity index (χ0) is 22.7. The second-order valence-corrected chi connectivity index (χ2v) is 10.9. The van der Waals surface area contributed by atoms with E-state index in [2.05, 4.69) is 10.3 Å². The molecule has 0 unspecified atom stereocenters. The van der Waals surface area contributed by atoms with E-state index >= 15 is 0 Å². The van der Waals surface area contributed by atoms with Crippen molar-refractivity contribution in [1.29, 1.82) is 0 Å². The fourth-order valence-corrected chi connectivity index (χ4v) is 4.41. The van der Waals surface area contributed by atoms with Gasteiger partial charge in [-0.15, -0.1) is 11.3 Å². The quantitative estimate of drug-likeness (QED) is 0.609. The number of benzene rings is 1. The van der Waals surface area contributed by atoms with Crippen molar-refractivity contribution < 1.29 is 27.9 Å². The van der Waals surface area contributed by atoms with E-state index in [4.69, 9.17) is 4.74 Å². The maximum absolute atomic E-state index is 12.8. The zero-order valence-electron chi connectivity index (χ0n) is 17.3. The number of alkyl carbamates (subject to hydrolysis) is 1. The van der Waals surface area contributed by atoms with Crippen LogP contribution in [0.4, 0.5) is 4.79 Å². The summed E-state index contributed by atoms with van der Waals surface area (Å²) in [4.78, 5) is 29.1. The third-order valence-electron chi connectivity index (χ3n) is 3.61. The number of rotatable bonds is 6. The summed E-state index contributed by atoms with van der Waals surface area (Å²) in [6.45, 7) is 7.98. The van der Waals surface area contributed by atoms with Crippen molar-refractivity contribution in [1.82, 2.24) is 15.0 Å². The van der Waals surface area contributed by atoms with Gasteiger partial charge in [0.15, 0.2) is 0 Å². The molecule has 0 fully saturated rings. The van der Waals surface area contributed by atoms with Gasteiger partial charge < -0.3 is 15.2 Å². The van der Waals surface area contributed by atoms with Gasteiger partial charge in [0.25, 0.3) is 15.9 Å². The molecule has 0 aliphatic rings. The highest BCUT2D eigenvalue weighted by atomic mass is 32.2. The topological polar surface area (TPSA) is 135 Å².